The number of alkyl carbamates (subject to hydrolysis) is 1. The molecule has 0 bridgehead atoms. The molecule has 3 atom stereocenters. The number of aromatic carboxylic acids is 1. The molecule has 3 heterocycles. The molecule has 2 N–H and O–H groups in total. The molecular formula is C23H27FN4O5. The summed E-state index contributed by atoms with van der Waals surface area (Å²) >= 11 is 0. The van der Waals surface area contributed by atoms with Gasteiger partial charge in [0.25, 0.3) is 0 Å². The number of amides is 1. The Morgan fingerprint density at radius 1 is 1.24 bits per heavy atom. The number of carboxylic acids is 1. The Hall–Kier alpha value is -3.17. The Morgan fingerprint density at radius 3 is 2.61 bits per heavy atom. The number of aromatic nitrogens is 2. The van der Waals surface area contributed by atoms with Gasteiger partial charge in [0.2, 0.25) is 5.43 Å². The third-order valence-corrected chi connectivity index (χ3v) is 6.59. The van der Waals surface area contributed by atoms with Crippen LogP contribution in [0.25, 0.3) is 11.0 Å². The van der Waals surface area contributed by atoms with Crippen LogP contribution >= 0.6 is 0 Å². The maximum atomic E-state index is 15.1. The maximum Gasteiger partial charge on any atom is 0.407 e. The van der Waals surface area contributed by atoms with E-state index in [1.54, 1.807) is 4.57 Å². The largest absolute Gasteiger partial charge is 0.477 e. The molecule has 33 heavy (non-hydrogen) atoms. The van der Waals surface area contributed by atoms with E-state index in [9.17, 15) is 19.5 Å². The molecule has 2 saturated carbocycles. The van der Waals surface area contributed by atoms with Gasteiger partial charge in [0.05, 0.1) is 5.39 Å². The van der Waals surface area contributed by atoms with Crippen molar-refractivity contribution in [3.63, 3.8) is 0 Å². The van der Waals surface area contributed by atoms with E-state index in [0.29, 0.717) is 24.7 Å². The molecule has 2 aromatic heterocycles. The van der Waals surface area contributed by atoms with Crippen LogP contribution in [0.1, 0.15) is 56.4 Å². The number of pyridine rings is 2. The summed E-state index contributed by atoms with van der Waals surface area (Å²) in [6.45, 7) is 6.53. The van der Waals surface area contributed by atoms with Crippen molar-refractivity contribution in [2.45, 2.75) is 57.7 Å². The summed E-state index contributed by atoms with van der Waals surface area (Å²) in [7, 11) is 0. The van der Waals surface area contributed by atoms with Crippen LogP contribution in [0.15, 0.2) is 17.1 Å². The minimum absolute atomic E-state index is 0.0175. The van der Waals surface area contributed by atoms with Gasteiger partial charge in [0.1, 0.15) is 16.8 Å². The monoisotopic (exact) mass is 458 g/mol. The number of carbonyl (C=O) groups is 2. The SMILES string of the molecule is CC(C)(C)OC(=O)N[C@H]1[C@@H]2CCN(c3nc4c(cc3F)c(=O)c(C(=O)O)cn4C3CC3)C[C@@H]21. The summed E-state index contributed by atoms with van der Waals surface area (Å²) in [5.41, 5.74) is -1.37. The molecule has 1 aliphatic heterocycles. The number of anilines is 1. The summed E-state index contributed by atoms with van der Waals surface area (Å²) < 4.78 is 22.1. The van der Waals surface area contributed by atoms with Crippen molar-refractivity contribution in [2.75, 3.05) is 18.0 Å². The van der Waals surface area contributed by atoms with Crippen molar-refractivity contribution >= 4 is 28.9 Å². The van der Waals surface area contributed by atoms with E-state index in [1.807, 2.05) is 25.7 Å². The normalized spacial score (nSPS) is 24.4. The highest BCUT2D eigenvalue weighted by molar-refractivity contribution is 5.92. The van der Waals surface area contributed by atoms with Crippen LogP contribution in [0, 0.1) is 17.7 Å². The van der Waals surface area contributed by atoms with E-state index in [4.69, 9.17) is 4.74 Å². The lowest BCUT2D eigenvalue weighted by molar-refractivity contribution is 0.0518. The molecule has 9 nitrogen and oxygen atoms in total. The number of rotatable bonds is 4. The molecule has 0 aromatic carbocycles. The van der Waals surface area contributed by atoms with Gasteiger partial charge in [0, 0.05) is 37.3 Å². The highest BCUT2D eigenvalue weighted by Gasteiger charge is 2.54. The molecule has 1 saturated heterocycles. The minimum atomic E-state index is -1.33. The van der Waals surface area contributed by atoms with Gasteiger partial charge >= 0.3 is 12.1 Å². The van der Waals surface area contributed by atoms with Crippen LogP contribution in [0.2, 0.25) is 0 Å². The molecule has 2 aliphatic carbocycles. The van der Waals surface area contributed by atoms with Gasteiger partial charge in [-0.15, -0.1) is 0 Å². The lowest BCUT2D eigenvalue weighted by Gasteiger charge is -2.28. The van der Waals surface area contributed by atoms with Gasteiger partial charge in [-0.05, 0) is 52.0 Å². The van der Waals surface area contributed by atoms with E-state index < -0.39 is 28.9 Å². The van der Waals surface area contributed by atoms with E-state index in [0.717, 1.165) is 25.3 Å². The van der Waals surface area contributed by atoms with Crippen molar-refractivity contribution in [1.29, 1.82) is 0 Å². The number of nitrogens with one attached hydrogen (secondary N) is 1. The zero-order valence-corrected chi connectivity index (χ0v) is 18.8. The Kier molecular flexibility index (Phi) is 4.88. The molecule has 0 unspecified atom stereocenters. The lowest BCUT2D eigenvalue weighted by atomic mass is 10.1. The van der Waals surface area contributed by atoms with Gasteiger partial charge in [-0.2, -0.15) is 0 Å². The first-order chi connectivity index (χ1) is 15.5. The number of fused-ring (bicyclic) bond motifs is 2. The fourth-order valence-electron chi connectivity index (χ4n) is 4.83. The van der Waals surface area contributed by atoms with E-state index in [2.05, 4.69) is 10.3 Å². The quantitative estimate of drug-likeness (QED) is 0.724. The third-order valence-electron chi connectivity index (χ3n) is 6.59. The number of piperidine rings is 1. The molecule has 0 spiro atoms. The number of nitrogens with zero attached hydrogens (tertiary/aromatic N) is 3. The Bertz CT molecular complexity index is 1220. The van der Waals surface area contributed by atoms with Crippen LogP contribution in [0.3, 0.4) is 0 Å². The fourth-order valence-corrected chi connectivity index (χ4v) is 4.83. The second kappa shape index (κ2) is 7.43. The topological polar surface area (TPSA) is 114 Å². The van der Waals surface area contributed by atoms with Crippen LogP contribution in [0.4, 0.5) is 15.0 Å². The Balaban J connectivity index is 1.41. The van der Waals surface area contributed by atoms with Crippen LogP contribution in [-0.4, -0.2) is 51.5 Å². The summed E-state index contributed by atoms with van der Waals surface area (Å²) in [5.74, 6) is -1.34. The second-order valence-corrected chi connectivity index (χ2v) is 10.2. The molecule has 3 aliphatic rings. The van der Waals surface area contributed by atoms with E-state index in [-0.39, 0.29) is 34.8 Å². The smallest absolute Gasteiger partial charge is 0.407 e. The molecule has 1 amide bonds. The fraction of sp³-hybridized carbons (Fsp3) is 0.565. The van der Waals surface area contributed by atoms with Gasteiger partial charge in [-0.25, -0.2) is 19.0 Å². The Morgan fingerprint density at radius 2 is 1.97 bits per heavy atom. The molecule has 10 heteroatoms. The summed E-state index contributed by atoms with van der Waals surface area (Å²) in [6, 6.07) is 1.16. The average molecular weight is 458 g/mol. The predicted octanol–water partition coefficient (Wildman–Crippen LogP) is 2.92. The van der Waals surface area contributed by atoms with Crippen LogP contribution < -0.4 is 15.6 Å². The molecule has 176 valence electrons. The molecule has 0 radical (unpaired) electrons. The third kappa shape index (κ3) is 4.02. The highest BCUT2D eigenvalue weighted by atomic mass is 19.1. The summed E-state index contributed by atoms with van der Waals surface area (Å²) in [6.07, 6.45) is 3.37. The lowest BCUT2D eigenvalue weighted by Crippen LogP contribution is -2.35. The number of hydrogen-bond donors (Lipinski definition) is 2. The van der Waals surface area contributed by atoms with Crippen LogP contribution in [-0.2, 0) is 4.74 Å². The van der Waals surface area contributed by atoms with E-state index >= 15 is 4.39 Å². The number of carboxylic acid groups (broad SMARTS) is 1. The first-order valence-electron chi connectivity index (χ1n) is 11.3. The van der Waals surface area contributed by atoms with Gasteiger partial charge < -0.3 is 24.6 Å². The standard InChI is InChI=1S/C23H27FN4O5/c1-23(2,3)33-22(32)25-17-12-6-7-27(9-14(12)17)20-16(24)8-13-18(29)15(21(30)31)10-28(11-4-5-11)19(13)26-20/h8,10-12,14,17H,4-7,9H2,1-3H3,(H,25,32)(H,30,31)/t12-,14+,17+/m1/s1. The zero-order chi connectivity index (χ0) is 23.7. The highest BCUT2D eigenvalue weighted by Crippen LogP contribution is 2.46. The first kappa shape index (κ1) is 21.7. The van der Waals surface area contributed by atoms with Crippen LogP contribution in [0.5, 0.6) is 0 Å². The number of halogens is 1. The molecular weight excluding hydrogens is 431 g/mol. The minimum Gasteiger partial charge on any atom is -0.477 e. The van der Waals surface area contributed by atoms with Crippen molar-refractivity contribution in [2.24, 2.45) is 11.8 Å². The van der Waals surface area contributed by atoms with Crippen molar-refractivity contribution in [3.8, 4) is 0 Å². The van der Waals surface area contributed by atoms with Gasteiger partial charge in [-0.1, -0.05) is 0 Å². The predicted molar refractivity (Wildman–Crippen MR) is 118 cm³/mol. The maximum absolute atomic E-state index is 15.1. The number of hydrogen-bond acceptors (Lipinski definition) is 6. The molecule has 2 aromatic rings. The van der Waals surface area contributed by atoms with E-state index in [1.165, 1.54) is 6.20 Å². The average Bonchev–Trinajstić information content (AvgIpc) is 3.63. The number of ether oxygens (including phenoxy) is 1. The first-order valence-corrected chi connectivity index (χ1v) is 11.3. The van der Waals surface area contributed by atoms with Crippen molar-refractivity contribution < 1.29 is 23.8 Å². The molecule has 5 rings (SSSR count). The Labute approximate surface area is 189 Å². The second-order valence-electron chi connectivity index (χ2n) is 10.2. The van der Waals surface area contributed by atoms with Crippen molar-refractivity contribution in [3.05, 3.63) is 33.9 Å². The van der Waals surface area contributed by atoms with Gasteiger partial charge in [-0.3, -0.25) is 4.79 Å². The van der Waals surface area contributed by atoms with Crippen molar-refractivity contribution in [1.82, 2.24) is 14.9 Å². The van der Waals surface area contributed by atoms with Gasteiger partial charge in [0.15, 0.2) is 11.6 Å². The number of carbonyl (C=O) groups excluding carboxylic acids is 1. The zero-order valence-electron chi connectivity index (χ0n) is 18.8. The summed E-state index contributed by atoms with van der Waals surface area (Å²) in [4.78, 5) is 42.6. The summed E-state index contributed by atoms with van der Waals surface area (Å²) in [5, 5.41) is 12.3. The molecule has 3 fully saturated rings.